The first-order valence-electron chi connectivity index (χ1n) is 7.37. The highest BCUT2D eigenvalue weighted by atomic mass is 28.3. The molecule has 0 bridgehead atoms. The molecule has 104 valence electrons. The van der Waals surface area contributed by atoms with Gasteiger partial charge in [-0.2, -0.15) is 5.26 Å². The molecular formula is C15H29NOSi. The van der Waals surface area contributed by atoms with Crippen LogP contribution in [-0.2, 0) is 4.43 Å². The highest BCUT2D eigenvalue weighted by Gasteiger charge is 2.35. The highest BCUT2D eigenvalue weighted by molar-refractivity contribution is 6.48. The average Bonchev–Trinajstić information content (AvgIpc) is 2.26. The van der Waals surface area contributed by atoms with Crippen molar-refractivity contribution in [2.24, 2.45) is 17.3 Å². The lowest BCUT2D eigenvalue weighted by atomic mass is 9.72. The van der Waals surface area contributed by atoms with Crippen LogP contribution in [0, 0.1) is 28.6 Å². The molecule has 0 amide bonds. The van der Waals surface area contributed by atoms with Crippen LogP contribution in [0.15, 0.2) is 0 Å². The maximum atomic E-state index is 8.77. The fraction of sp³-hybridized carbons (Fsp3) is 0.933. The van der Waals surface area contributed by atoms with E-state index >= 15 is 0 Å². The zero-order valence-electron chi connectivity index (χ0n) is 12.7. The number of rotatable bonds is 4. The lowest BCUT2D eigenvalue weighted by Gasteiger charge is -2.41. The minimum Gasteiger partial charge on any atom is -0.417 e. The van der Waals surface area contributed by atoms with Crippen LogP contribution in [0.2, 0.25) is 13.1 Å². The maximum Gasteiger partial charge on any atom is 0.171 e. The van der Waals surface area contributed by atoms with Crippen LogP contribution in [0.4, 0.5) is 0 Å². The monoisotopic (exact) mass is 267 g/mol. The Labute approximate surface area is 114 Å². The van der Waals surface area contributed by atoms with Gasteiger partial charge in [0.05, 0.1) is 12.2 Å². The van der Waals surface area contributed by atoms with Crippen LogP contribution >= 0.6 is 0 Å². The zero-order valence-corrected chi connectivity index (χ0v) is 13.9. The van der Waals surface area contributed by atoms with Gasteiger partial charge in [-0.25, -0.2) is 0 Å². The number of nitriles is 1. The van der Waals surface area contributed by atoms with Gasteiger partial charge in [0.15, 0.2) is 9.04 Å². The normalized spacial score (nSPS) is 26.9. The van der Waals surface area contributed by atoms with Gasteiger partial charge in [-0.15, -0.1) is 0 Å². The smallest absolute Gasteiger partial charge is 0.171 e. The average molecular weight is 267 g/mol. The van der Waals surface area contributed by atoms with Crippen LogP contribution in [0.5, 0.6) is 0 Å². The topological polar surface area (TPSA) is 33.0 Å². The van der Waals surface area contributed by atoms with Crippen molar-refractivity contribution in [1.29, 1.82) is 5.26 Å². The van der Waals surface area contributed by atoms with Crippen LogP contribution in [0.3, 0.4) is 0 Å². The van der Waals surface area contributed by atoms with E-state index in [0.29, 0.717) is 17.9 Å². The largest absolute Gasteiger partial charge is 0.417 e. The summed E-state index contributed by atoms with van der Waals surface area (Å²) in [6.45, 7) is 11.4. The predicted molar refractivity (Wildman–Crippen MR) is 78.9 cm³/mol. The Morgan fingerprint density at radius 3 is 2.17 bits per heavy atom. The van der Waals surface area contributed by atoms with E-state index in [0.717, 1.165) is 6.42 Å². The molecular weight excluding hydrogens is 238 g/mol. The molecule has 18 heavy (non-hydrogen) atoms. The van der Waals surface area contributed by atoms with Crippen molar-refractivity contribution in [3.63, 3.8) is 0 Å². The van der Waals surface area contributed by atoms with Crippen molar-refractivity contribution < 1.29 is 4.43 Å². The van der Waals surface area contributed by atoms with Crippen LogP contribution < -0.4 is 0 Å². The van der Waals surface area contributed by atoms with E-state index in [1.165, 1.54) is 25.7 Å². The summed E-state index contributed by atoms with van der Waals surface area (Å²) in [4.78, 5) is 0. The highest BCUT2D eigenvalue weighted by Crippen LogP contribution is 2.39. The Balaban J connectivity index is 2.58. The van der Waals surface area contributed by atoms with Crippen LogP contribution in [0.25, 0.3) is 0 Å². The van der Waals surface area contributed by atoms with Gasteiger partial charge in [0.25, 0.3) is 0 Å². The zero-order chi connectivity index (χ0) is 13.8. The maximum absolute atomic E-state index is 8.77. The predicted octanol–water partition coefficient (Wildman–Crippen LogP) is 4.12. The molecule has 1 fully saturated rings. The van der Waals surface area contributed by atoms with Gasteiger partial charge in [0.1, 0.15) is 0 Å². The molecule has 0 aromatic rings. The molecule has 0 aromatic heterocycles. The second-order valence-electron chi connectivity index (χ2n) is 7.11. The summed E-state index contributed by atoms with van der Waals surface area (Å²) >= 11 is 0. The molecule has 1 unspecified atom stereocenters. The third-order valence-electron chi connectivity index (χ3n) is 3.97. The van der Waals surface area contributed by atoms with Gasteiger partial charge in [0, 0.05) is 6.42 Å². The van der Waals surface area contributed by atoms with Crippen molar-refractivity contribution in [2.45, 2.75) is 72.1 Å². The summed E-state index contributed by atoms with van der Waals surface area (Å²) in [5.74, 6) is 1.35. The quantitative estimate of drug-likeness (QED) is 0.718. The number of hydrogen-bond acceptors (Lipinski definition) is 2. The summed E-state index contributed by atoms with van der Waals surface area (Å²) in [6, 6.07) is 2.32. The van der Waals surface area contributed by atoms with Crippen molar-refractivity contribution in [3.8, 4) is 6.07 Å². The molecule has 0 radical (unpaired) electrons. The van der Waals surface area contributed by atoms with E-state index in [1.54, 1.807) is 0 Å². The third-order valence-corrected chi connectivity index (χ3v) is 4.81. The van der Waals surface area contributed by atoms with Gasteiger partial charge in [0.2, 0.25) is 0 Å². The molecule has 0 heterocycles. The molecule has 1 saturated carbocycles. The fourth-order valence-corrected chi connectivity index (χ4v) is 4.36. The Hall–Kier alpha value is -0.333. The Kier molecular flexibility index (Phi) is 5.87. The summed E-state index contributed by atoms with van der Waals surface area (Å²) < 4.78 is 6.32. The van der Waals surface area contributed by atoms with E-state index in [2.05, 4.69) is 39.9 Å². The van der Waals surface area contributed by atoms with Gasteiger partial charge in [-0.3, -0.25) is 0 Å². The minimum atomic E-state index is -0.981. The van der Waals surface area contributed by atoms with E-state index in [1.807, 2.05) is 0 Å². The van der Waals surface area contributed by atoms with Crippen molar-refractivity contribution in [3.05, 3.63) is 0 Å². The number of hydrogen-bond donors (Lipinski definition) is 0. The van der Waals surface area contributed by atoms with Crippen molar-refractivity contribution in [1.82, 2.24) is 0 Å². The molecule has 0 spiro atoms. The first-order valence-corrected chi connectivity index (χ1v) is 10.1. The Morgan fingerprint density at radius 1 is 1.22 bits per heavy atom. The molecule has 3 heteroatoms. The molecule has 1 atom stereocenters. The first kappa shape index (κ1) is 15.7. The molecule has 0 aromatic carbocycles. The lowest BCUT2D eigenvalue weighted by molar-refractivity contribution is 0.0116. The van der Waals surface area contributed by atoms with Crippen molar-refractivity contribution >= 4 is 9.04 Å². The third kappa shape index (κ3) is 4.74. The molecule has 0 N–H and O–H groups in total. The standard InChI is InChI=1S/C15H29NOSi/c1-15(2,3)14(17-18(4)5)13-8-6-12(7-9-13)10-11-16/h12-14,18H,6-10H2,1-5H3. The molecule has 0 saturated heterocycles. The van der Waals surface area contributed by atoms with Gasteiger partial charge < -0.3 is 4.43 Å². The van der Waals surface area contributed by atoms with E-state index in [9.17, 15) is 0 Å². The molecule has 0 aliphatic heterocycles. The fourth-order valence-electron chi connectivity index (χ4n) is 3.14. The molecule has 1 aliphatic rings. The van der Waals surface area contributed by atoms with Gasteiger partial charge >= 0.3 is 0 Å². The molecule has 1 aliphatic carbocycles. The summed E-state index contributed by atoms with van der Waals surface area (Å²) in [5, 5.41) is 8.77. The summed E-state index contributed by atoms with van der Waals surface area (Å²) in [7, 11) is -0.981. The van der Waals surface area contributed by atoms with E-state index in [-0.39, 0.29) is 5.41 Å². The molecule has 2 nitrogen and oxygen atoms in total. The van der Waals surface area contributed by atoms with Gasteiger partial charge in [-0.1, -0.05) is 20.8 Å². The molecule has 1 rings (SSSR count). The second-order valence-corrected chi connectivity index (χ2v) is 9.48. The van der Waals surface area contributed by atoms with Crippen molar-refractivity contribution in [2.75, 3.05) is 0 Å². The van der Waals surface area contributed by atoms with E-state index < -0.39 is 9.04 Å². The van der Waals surface area contributed by atoms with Gasteiger partial charge in [-0.05, 0) is 56.0 Å². The first-order chi connectivity index (χ1) is 8.34. The summed E-state index contributed by atoms with van der Waals surface area (Å²) in [5.41, 5.74) is 0.240. The second kappa shape index (κ2) is 6.72. The van der Waals surface area contributed by atoms with E-state index in [4.69, 9.17) is 9.69 Å². The lowest BCUT2D eigenvalue weighted by Crippen LogP contribution is -2.41. The van der Waals surface area contributed by atoms with Crippen LogP contribution in [-0.4, -0.2) is 15.1 Å². The minimum absolute atomic E-state index is 0.240. The Bertz CT molecular complexity index is 282. The Morgan fingerprint density at radius 2 is 1.78 bits per heavy atom. The summed E-state index contributed by atoms with van der Waals surface area (Å²) in [6.07, 6.45) is 6.08. The number of nitrogens with zero attached hydrogens (tertiary/aromatic N) is 1. The SMILES string of the molecule is C[SiH](C)OC(C1CCC(CC#N)CC1)C(C)(C)C. The van der Waals surface area contributed by atoms with Crippen LogP contribution in [0.1, 0.15) is 52.9 Å².